The normalized spacial score (nSPS) is 26.5. The van der Waals surface area contributed by atoms with Crippen LogP contribution in [0, 0.1) is 0 Å². The number of hydrogen-bond donors (Lipinski definition) is 2. The van der Waals surface area contributed by atoms with Gasteiger partial charge in [0.15, 0.2) is 12.2 Å². The van der Waals surface area contributed by atoms with Gasteiger partial charge >= 0.3 is 17.9 Å². The van der Waals surface area contributed by atoms with E-state index in [1.54, 1.807) is 6.07 Å². The highest BCUT2D eigenvalue weighted by atomic mass is 32.2. The fourth-order valence-electron chi connectivity index (χ4n) is 2.95. The van der Waals surface area contributed by atoms with Gasteiger partial charge in [0.1, 0.15) is 25.0 Å². The molecule has 0 unspecified atom stereocenters. The fourth-order valence-corrected chi connectivity index (χ4v) is 4.23. The maximum atomic E-state index is 12.8. The van der Waals surface area contributed by atoms with Gasteiger partial charge in [-0.25, -0.2) is 13.1 Å². The molecule has 0 aromatic heterocycles. The largest absolute Gasteiger partial charge is 0.463 e. The molecule has 0 spiro atoms. The van der Waals surface area contributed by atoms with Gasteiger partial charge in [-0.15, -0.1) is 0 Å². The van der Waals surface area contributed by atoms with Gasteiger partial charge in [-0.3, -0.25) is 14.4 Å². The predicted octanol–water partition coefficient (Wildman–Crippen LogP) is -0.556. The van der Waals surface area contributed by atoms with Gasteiger partial charge in [-0.1, -0.05) is 18.2 Å². The summed E-state index contributed by atoms with van der Waals surface area (Å²) in [5, 5.41) is 0. The van der Waals surface area contributed by atoms with E-state index in [0.29, 0.717) is 0 Å². The van der Waals surface area contributed by atoms with Crippen LogP contribution in [-0.4, -0.2) is 63.5 Å². The number of nitrogens with one attached hydrogen (secondary N) is 1. The summed E-state index contributed by atoms with van der Waals surface area (Å²) in [6.45, 7) is 3.04. The summed E-state index contributed by atoms with van der Waals surface area (Å²) in [6, 6.07) is 6.15. The quantitative estimate of drug-likeness (QED) is 0.412. The molecule has 1 aliphatic rings. The van der Waals surface area contributed by atoms with Gasteiger partial charge in [0.05, 0.1) is 4.90 Å². The molecule has 1 fully saturated rings. The SMILES string of the molecule is CC(=O)OC[C@H]1O[C@@H](N)[C@H](NS(=O)(=O)c2ccccc2)[C@@H](OC(C)=O)[C@@H]1OC(C)=O. The molecular weight excluding hydrogens is 420 g/mol. The second-order valence-electron chi connectivity index (χ2n) is 6.55. The van der Waals surface area contributed by atoms with Crippen LogP contribution in [0.1, 0.15) is 20.8 Å². The first kappa shape index (κ1) is 23.7. The van der Waals surface area contributed by atoms with Crippen LogP contribution in [-0.2, 0) is 43.4 Å². The molecule has 0 aliphatic carbocycles. The second kappa shape index (κ2) is 9.98. The summed E-state index contributed by atoms with van der Waals surface area (Å²) in [5.41, 5.74) is 6.00. The van der Waals surface area contributed by atoms with E-state index >= 15 is 0 Å². The van der Waals surface area contributed by atoms with Gasteiger partial charge in [-0.05, 0) is 12.1 Å². The number of ether oxygens (including phenoxy) is 4. The van der Waals surface area contributed by atoms with E-state index in [9.17, 15) is 22.8 Å². The predicted molar refractivity (Wildman–Crippen MR) is 101 cm³/mol. The first-order valence-electron chi connectivity index (χ1n) is 8.97. The van der Waals surface area contributed by atoms with Crippen LogP contribution < -0.4 is 10.5 Å². The highest BCUT2D eigenvalue weighted by molar-refractivity contribution is 7.89. The minimum absolute atomic E-state index is 0.0511. The molecule has 3 N–H and O–H groups in total. The third-order valence-corrected chi connectivity index (χ3v) is 5.60. The minimum atomic E-state index is -4.08. The van der Waals surface area contributed by atoms with Crippen molar-refractivity contribution in [1.82, 2.24) is 4.72 Å². The Morgan fingerprint density at radius 1 is 1.00 bits per heavy atom. The summed E-state index contributed by atoms with van der Waals surface area (Å²) in [4.78, 5) is 34.4. The van der Waals surface area contributed by atoms with Crippen molar-refractivity contribution in [3.05, 3.63) is 30.3 Å². The van der Waals surface area contributed by atoms with E-state index in [2.05, 4.69) is 4.72 Å². The van der Waals surface area contributed by atoms with Crippen LogP contribution in [0.3, 0.4) is 0 Å². The van der Waals surface area contributed by atoms with Crippen molar-refractivity contribution in [3.8, 4) is 0 Å². The molecule has 2 rings (SSSR count). The molecule has 1 aromatic carbocycles. The van der Waals surface area contributed by atoms with Crippen molar-refractivity contribution >= 4 is 27.9 Å². The van der Waals surface area contributed by atoms with Crippen LogP contribution in [0.25, 0.3) is 0 Å². The van der Waals surface area contributed by atoms with Crippen LogP contribution in [0.4, 0.5) is 0 Å². The number of sulfonamides is 1. The molecule has 0 saturated carbocycles. The first-order valence-corrected chi connectivity index (χ1v) is 10.5. The van der Waals surface area contributed by atoms with Crippen molar-refractivity contribution < 1.29 is 41.7 Å². The fraction of sp³-hybridized carbons (Fsp3) is 0.500. The Morgan fingerprint density at radius 3 is 2.10 bits per heavy atom. The van der Waals surface area contributed by atoms with Crippen molar-refractivity contribution in [1.29, 1.82) is 0 Å². The molecule has 1 saturated heterocycles. The molecule has 1 heterocycles. The molecule has 1 aliphatic heterocycles. The lowest BCUT2D eigenvalue weighted by atomic mass is 9.96. The number of esters is 3. The molecule has 0 radical (unpaired) electrons. The van der Waals surface area contributed by atoms with Crippen LogP contribution >= 0.6 is 0 Å². The molecule has 0 bridgehead atoms. The van der Waals surface area contributed by atoms with E-state index in [4.69, 9.17) is 24.7 Å². The van der Waals surface area contributed by atoms with Gasteiger partial charge in [0.2, 0.25) is 10.0 Å². The summed E-state index contributed by atoms with van der Waals surface area (Å²) in [7, 11) is -4.08. The molecule has 11 nitrogen and oxygen atoms in total. The van der Waals surface area contributed by atoms with E-state index in [1.165, 1.54) is 31.2 Å². The average molecular weight is 444 g/mol. The lowest BCUT2D eigenvalue weighted by Gasteiger charge is -2.44. The first-order chi connectivity index (χ1) is 14.0. The summed E-state index contributed by atoms with van der Waals surface area (Å²) in [5.74, 6) is -2.13. The Morgan fingerprint density at radius 2 is 1.57 bits per heavy atom. The maximum Gasteiger partial charge on any atom is 0.303 e. The van der Waals surface area contributed by atoms with E-state index < -0.39 is 58.5 Å². The lowest BCUT2D eigenvalue weighted by Crippen LogP contribution is -2.68. The Labute approximate surface area is 173 Å². The topological polar surface area (TPSA) is 160 Å². The zero-order chi connectivity index (χ0) is 22.5. The third kappa shape index (κ3) is 6.23. The number of benzene rings is 1. The highest BCUT2D eigenvalue weighted by Gasteiger charge is 2.50. The Balaban J connectivity index is 2.38. The highest BCUT2D eigenvalue weighted by Crippen LogP contribution is 2.26. The lowest BCUT2D eigenvalue weighted by molar-refractivity contribution is -0.221. The van der Waals surface area contributed by atoms with Crippen LogP contribution in [0.2, 0.25) is 0 Å². The molecule has 5 atom stereocenters. The van der Waals surface area contributed by atoms with Crippen molar-refractivity contribution in [2.75, 3.05) is 6.61 Å². The number of hydrogen-bond acceptors (Lipinski definition) is 10. The summed E-state index contributed by atoms with van der Waals surface area (Å²) < 4.78 is 48.8. The summed E-state index contributed by atoms with van der Waals surface area (Å²) in [6.07, 6.45) is -5.02. The van der Waals surface area contributed by atoms with Gasteiger partial charge in [0, 0.05) is 20.8 Å². The third-order valence-electron chi connectivity index (χ3n) is 4.13. The number of nitrogens with two attached hydrogens (primary N) is 1. The maximum absolute atomic E-state index is 12.8. The molecule has 1 aromatic rings. The van der Waals surface area contributed by atoms with Crippen molar-refractivity contribution in [3.63, 3.8) is 0 Å². The Bertz CT molecular complexity index is 875. The Hall–Kier alpha value is -2.54. The zero-order valence-electron chi connectivity index (χ0n) is 16.6. The number of rotatable bonds is 7. The standard InChI is InChI=1S/C18H24N2O9S/c1-10(21)26-9-14-16(27-11(2)22)17(28-12(3)23)15(18(19)29-14)20-30(24,25)13-7-5-4-6-8-13/h4-8,14-18,20H,9,19H2,1-3H3/t14-,15-,16-,17-,18-/m1/s1. The van der Waals surface area contributed by atoms with Crippen molar-refractivity contribution in [2.24, 2.45) is 5.73 Å². The molecular formula is C18H24N2O9S. The van der Waals surface area contributed by atoms with E-state index in [0.717, 1.165) is 13.8 Å². The van der Waals surface area contributed by atoms with Crippen molar-refractivity contribution in [2.45, 2.75) is 56.2 Å². The Kier molecular flexibility index (Phi) is 7.89. The number of carbonyl (C=O) groups excluding carboxylic acids is 3. The van der Waals surface area contributed by atoms with Gasteiger partial charge in [0.25, 0.3) is 0 Å². The molecule has 0 amide bonds. The van der Waals surface area contributed by atoms with Crippen LogP contribution in [0.5, 0.6) is 0 Å². The zero-order valence-corrected chi connectivity index (χ0v) is 17.5. The van der Waals surface area contributed by atoms with E-state index in [1.807, 2.05) is 0 Å². The average Bonchev–Trinajstić information content (AvgIpc) is 2.65. The smallest absolute Gasteiger partial charge is 0.303 e. The second-order valence-corrected chi connectivity index (χ2v) is 8.26. The van der Waals surface area contributed by atoms with Crippen LogP contribution in [0.15, 0.2) is 35.2 Å². The van der Waals surface area contributed by atoms with E-state index in [-0.39, 0.29) is 11.5 Å². The van der Waals surface area contributed by atoms with Gasteiger partial charge < -0.3 is 24.7 Å². The molecule has 166 valence electrons. The van der Waals surface area contributed by atoms with Gasteiger partial charge in [-0.2, -0.15) is 0 Å². The molecule has 30 heavy (non-hydrogen) atoms. The molecule has 12 heteroatoms. The monoisotopic (exact) mass is 444 g/mol. The summed E-state index contributed by atoms with van der Waals surface area (Å²) >= 11 is 0. The minimum Gasteiger partial charge on any atom is -0.463 e. The number of carbonyl (C=O) groups is 3.